The van der Waals surface area contributed by atoms with Crippen molar-refractivity contribution in [2.75, 3.05) is 14.1 Å². The van der Waals surface area contributed by atoms with Crippen LogP contribution in [0, 0.1) is 0 Å². The minimum Gasteiger partial charge on any atom is -0.388 e. The molecule has 2 aromatic rings. The highest BCUT2D eigenvalue weighted by Gasteiger charge is 2.48. The van der Waals surface area contributed by atoms with Gasteiger partial charge < -0.3 is 9.64 Å². The third-order valence-corrected chi connectivity index (χ3v) is 6.69. The Morgan fingerprint density at radius 2 is 1.88 bits per heavy atom. The summed E-state index contributed by atoms with van der Waals surface area (Å²) in [7, 11) is 3.33. The quantitative estimate of drug-likeness (QED) is 0.591. The number of likely N-dealkylation sites (N-methyl/N-ethyl adjacent to an activating group) is 1. The molecule has 1 unspecified atom stereocenters. The summed E-state index contributed by atoms with van der Waals surface area (Å²) in [6, 6.07) is 10.7. The van der Waals surface area contributed by atoms with Gasteiger partial charge in [-0.15, -0.1) is 0 Å². The Hall–Kier alpha value is -2.93. The first-order chi connectivity index (χ1) is 15.7. The predicted octanol–water partition coefficient (Wildman–Crippen LogP) is 4.17. The van der Waals surface area contributed by atoms with Crippen molar-refractivity contribution in [3.63, 3.8) is 0 Å². The van der Waals surface area contributed by atoms with Crippen molar-refractivity contribution in [2.45, 2.75) is 57.8 Å². The molecule has 1 fully saturated rings. The van der Waals surface area contributed by atoms with E-state index < -0.39 is 11.6 Å². The molecule has 2 amide bonds. The summed E-state index contributed by atoms with van der Waals surface area (Å²) in [5, 5.41) is 0.447. The summed E-state index contributed by atoms with van der Waals surface area (Å²) in [6.45, 7) is 3.78. The maximum atomic E-state index is 13.2. The number of ketones is 1. The van der Waals surface area contributed by atoms with Gasteiger partial charge in [0.2, 0.25) is 0 Å². The number of amides is 2. The van der Waals surface area contributed by atoms with Crippen LogP contribution in [0.1, 0.15) is 55.5 Å². The summed E-state index contributed by atoms with van der Waals surface area (Å²) in [6.07, 6.45) is 5.18. The summed E-state index contributed by atoms with van der Waals surface area (Å²) in [4.78, 5) is 41.9. The first kappa shape index (κ1) is 24.7. The Kier molecular flexibility index (Phi) is 7.74. The molecule has 0 saturated heterocycles. The van der Waals surface area contributed by atoms with Crippen molar-refractivity contribution >= 4 is 29.4 Å². The summed E-state index contributed by atoms with van der Waals surface area (Å²) < 4.78 is 7.17. The smallest absolute Gasteiger partial charge is 0.388 e. The van der Waals surface area contributed by atoms with Gasteiger partial charge in [0.05, 0.1) is 0 Å². The van der Waals surface area contributed by atoms with Crippen LogP contribution in [0.5, 0.6) is 0 Å². The van der Waals surface area contributed by atoms with Crippen LogP contribution in [0.2, 0.25) is 5.02 Å². The van der Waals surface area contributed by atoms with Crippen LogP contribution in [-0.4, -0.2) is 47.7 Å². The van der Waals surface area contributed by atoms with Crippen molar-refractivity contribution in [1.29, 1.82) is 0 Å². The molecule has 0 radical (unpaired) electrons. The zero-order valence-electron chi connectivity index (χ0n) is 19.6. The standard InChI is InChI=1S/C25H31ClN3O4/c1-18(2)27(3)23(31)19-10-9-15-29(16-19)17-33-24(32)28(4)25(14-8-7-13-22(25)30)20-11-5-6-12-21(20)26/h5-6,9-12,15-16,18H,7-8,13-14,17H2,1-4H3/q+1. The highest BCUT2D eigenvalue weighted by molar-refractivity contribution is 6.31. The highest BCUT2D eigenvalue weighted by atomic mass is 35.5. The number of ether oxygens (including phenoxy) is 1. The van der Waals surface area contributed by atoms with Crippen LogP contribution in [-0.2, 0) is 21.8 Å². The number of carbonyl (C=O) groups excluding carboxylic acids is 3. The van der Waals surface area contributed by atoms with Crippen molar-refractivity contribution < 1.29 is 23.7 Å². The van der Waals surface area contributed by atoms with Gasteiger partial charge in [0.15, 0.2) is 18.2 Å². The Bertz CT molecular complexity index is 1040. The second kappa shape index (κ2) is 10.3. The Labute approximate surface area is 199 Å². The lowest BCUT2D eigenvalue weighted by Gasteiger charge is -2.43. The van der Waals surface area contributed by atoms with Crippen molar-refractivity contribution in [1.82, 2.24) is 9.80 Å². The van der Waals surface area contributed by atoms with Crippen molar-refractivity contribution in [3.8, 4) is 0 Å². The van der Waals surface area contributed by atoms with Crippen LogP contribution in [0.3, 0.4) is 0 Å². The third kappa shape index (κ3) is 5.03. The van der Waals surface area contributed by atoms with Gasteiger partial charge in [0, 0.05) is 43.2 Å². The molecule has 3 rings (SSSR count). The molecule has 1 aliphatic carbocycles. The van der Waals surface area contributed by atoms with E-state index in [-0.39, 0.29) is 24.5 Å². The Morgan fingerprint density at radius 3 is 2.55 bits per heavy atom. The minimum atomic E-state index is -1.16. The monoisotopic (exact) mass is 472 g/mol. The molecule has 176 valence electrons. The Balaban J connectivity index is 1.80. The van der Waals surface area contributed by atoms with E-state index in [0.29, 0.717) is 29.0 Å². The number of rotatable bonds is 6. The van der Waals surface area contributed by atoms with E-state index in [2.05, 4.69) is 0 Å². The number of hydrogen-bond donors (Lipinski definition) is 0. The van der Waals surface area contributed by atoms with Gasteiger partial charge in [-0.2, -0.15) is 4.57 Å². The maximum absolute atomic E-state index is 13.2. The second-order valence-electron chi connectivity index (χ2n) is 8.69. The van der Waals surface area contributed by atoms with E-state index in [4.69, 9.17) is 16.3 Å². The van der Waals surface area contributed by atoms with Crippen LogP contribution in [0.4, 0.5) is 4.79 Å². The molecule has 0 spiro atoms. The van der Waals surface area contributed by atoms with E-state index in [1.807, 2.05) is 19.9 Å². The van der Waals surface area contributed by atoms with Gasteiger partial charge in [-0.25, -0.2) is 4.79 Å². The number of pyridine rings is 1. The summed E-state index contributed by atoms with van der Waals surface area (Å²) in [5.74, 6) is -0.161. The molecule has 1 aromatic heterocycles. The maximum Gasteiger partial charge on any atom is 0.415 e. The zero-order chi connectivity index (χ0) is 24.2. The summed E-state index contributed by atoms with van der Waals surface area (Å²) >= 11 is 6.46. The molecule has 0 N–H and O–H groups in total. The van der Waals surface area contributed by atoms with Crippen LogP contribution < -0.4 is 4.57 Å². The lowest BCUT2D eigenvalue weighted by atomic mass is 9.74. The van der Waals surface area contributed by atoms with E-state index in [9.17, 15) is 14.4 Å². The molecule has 33 heavy (non-hydrogen) atoms. The largest absolute Gasteiger partial charge is 0.415 e. The number of Topliss-reactive ketones (excluding diaryl/α,β-unsaturated/α-hetero) is 1. The van der Waals surface area contributed by atoms with E-state index in [1.54, 1.807) is 66.3 Å². The minimum absolute atomic E-state index is 0.0433. The lowest BCUT2D eigenvalue weighted by Crippen LogP contribution is -2.55. The molecule has 1 aliphatic rings. The molecule has 7 nitrogen and oxygen atoms in total. The number of nitrogens with zero attached hydrogens (tertiary/aromatic N) is 3. The number of benzene rings is 1. The fourth-order valence-corrected chi connectivity index (χ4v) is 4.47. The number of aromatic nitrogens is 1. The molecular formula is C25H31ClN3O4+. The van der Waals surface area contributed by atoms with E-state index >= 15 is 0 Å². The first-order valence-electron chi connectivity index (χ1n) is 11.1. The van der Waals surface area contributed by atoms with E-state index in [1.165, 1.54) is 4.90 Å². The topological polar surface area (TPSA) is 70.8 Å². The Morgan fingerprint density at radius 1 is 1.15 bits per heavy atom. The zero-order valence-corrected chi connectivity index (χ0v) is 20.3. The van der Waals surface area contributed by atoms with Gasteiger partial charge in [-0.3, -0.25) is 14.5 Å². The van der Waals surface area contributed by atoms with Crippen molar-refractivity contribution in [2.24, 2.45) is 0 Å². The SMILES string of the molecule is CC(C)N(C)C(=O)c1ccc[n+](COC(=O)N(C)C2(c3ccccc3Cl)CCCCC2=O)c1. The fourth-order valence-electron chi connectivity index (χ4n) is 4.18. The number of halogens is 1. The summed E-state index contributed by atoms with van der Waals surface area (Å²) in [5.41, 5.74) is -0.0447. The molecule has 1 saturated carbocycles. The van der Waals surface area contributed by atoms with Gasteiger partial charge in [-0.1, -0.05) is 29.8 Å². The van der Waals surface area contributed by atoms with Gasteiger partial charge >= 0.3 is 6.09 Å². The highest BCUT2D eigenvalue weighted by Crippen LogP contribution is 2.42. The van der Waals surface area contributed by atoms with Crippen LogP contribution in [0.15, 0.2) is 48.8 Å². The molecule has 1 heterocycles. The van der Waals surface area contributed by atoms with Crippen molar-refractivity contribution in [3.05, 3.63) is 64.9 Å². The van der Waals surface area contributed by atoms with E-state index in [0.717, 1.165) is 12.8 Å². The number of carbonyl (C=O) groups is 3. The molecule has 0 bridgehead atoms. The predicted molar refractivity (Wildman–Crippen MR) is 125 cm³/mol. The average molecular weight is 473 g/mol. The van der Waals surface area contributed by atoms with Crippen LogP contribution in [0.25, 0.3) is 0 Å². The molecule has 8 heteroatoms. The van der Waals surface area contributed by atoms with Gasteiger partial charge in [0.1, 0.15) is 11.1 Å². The third-order valence-electron chi connectivity index (χ3n) is 6.36. The molecule has 0 aliphatic heterocycles. The average Bonchev–Trinajstić information content (AvgIpc) is 2.82. The van der Waals surface area contributed by atoms with Gasteiger partial charge in [-0.05, 0) is 45.2 Å². The number of hydrogen-bond acceptors (Lipinski definition) is 4. The first-order valence-corrected chi connectivity index (χ1v) is 11.5. The van der Waals surface area contributed by atoms with Crippen LogP contribution >= 0.6 is 11.6 Å². The fraction of sp³-hybridized carbons (Fsp3) is 0.440. The lowest BCUT2D eigenvalue weighted by molar-refractivity contribution is -0.727. The molecule has 1 atom stereocenters. The van der Waals surface area contributed by atoms with Gasteiger partial charge in [0.25, 0.3) is 12.6 Å². The molecule has 1 aromatic carbocycles. The normalized spacial score (nSPS) is 18.2. The second-order valence-corrected chi connectivity index (χ2v) is 9.09. The molecular weight excluding hydrogens is 442 g/mol.